The lowest BCUT2D eigenvalue weighted by Gasteiger charge is -2.19. The Morgan fingerprint density at radius 1 is 0.762 bits per heavy atom. The molecule has 1 aliphatic heterocycles. The van der Waals surface area contributed by atoms with Crippen molar-refractivity contribution in [3.05, 3.63) is 53.1 Å². The largest absolute Gasteiger partial charge is 0.504 e. The number of hydrogen-bond acceptors (Lipinski definition) is 8. The number of hydrogen-bond donors (Lipinski definition) is 3. The standard InChI is InChI=1S/C34H46O8/c1-3-5-7-9-11-13-19-40-30(38)18-15-24-21-26-31(34(39)41-20-14-12-10-8-6-4-2)32(42-33(26)29(37)22-24)25-16-17-27(35)28(36)23-25/h15-18,21-23,31-32,35-37H,3-14,19-20H2,1-2H3/b18-15+/t31-,32+/m0/s1. The molecule has 230 valence electrons. The smallest absolute Gasteiger partial charge is 0.330 e. The molecule has 8 nitrogen and oxygen atoms in total. The fraction of sp³-hybridized carbons (Fsp3) is 0.529. The predicted molar refractivity (Wildman–Crippen MR) is 162 cm³/mol. The summed E-state index contributed by atoms with van der Waals surface area (Å²) >= 11 is 0. The first kappa shape index (κ1) is 32.8. The molecule has 0 bridgehead atoms. The van der Waals surface area contributed by atoms with Gasteiger partial charge in [0.15, 0.2) is 23.0 Å². The number of unbranched alkanes of at least 4 members (excludes halogenated alkanes) is 10. The highest BCUT2D eigenvalue weighted by molar-refractivity contribution is 5.88. The fourth-order valence-corrected chi connectivity index (χ4v) is 5.11. The summed E-state index contributed by atoms with van der Waals surface area (Å²) in [7, 11) is 0. The zero-order valence-corrected chi connectivity index (χ0v) is 25.0. The number of fused-ring (bicyclic) bond motifs is 1. The number of ether oxygens (including phenoxy) is 3. The normalized spacial score (nSPS) is 15.9. The monoisotopic (exact) mass is 582 g/mol. The van der Waals surface area contributed by atoms with E-state index in [9.17, 15) is 24.9 Å². The number of aromatic hydroxyl groups is 3. The van der Waals surface area contributed by atoms with Gasteiger partial charge in [0.25, 0.3) is 0 Å². The Hall–Kier alpha value is -3.68. The molecule has 0 saturated carbocycles. The van der Waals surface area contributed by atoms with Gasteiger partial charge in [-0.05, 0) is 54.3 Å². The molecule has 2 aromatic rings. The van der Waals surface area contributed by atoms with Crippen molar-refractivity contribution in [2.75, 3.05) is 13.2 Å². The molecule has 3 rings (SSSR count). The van der Waals surface area contributed by atoms with Gasteiger partial charge < -0.3 is 29.5 Å². The van der Waals surface area contributed by atoms with Crippen molar-refractivity contribution in [3.63, 3.8) is 0 Å². The fourth-order valence-electron chi connectivity index (χ4n) is 5.11. The van der Waals surface area contributed by atoms with E-state index in [2.05, 4.69) is 13.8 Å². The van der Waals surface area contributed by atoms with E-state index in [1.54, 1.807) is 12.1 Å². The van der Waals surface area contributed by atoms with E-state index in [1.165, 1.54) is 56.0 Å². The molecule has 3 N–H and O–H groups in total. The molecular weight excluding hydrogens is 536 g/mol. The van der Waals surface area contributed by atoms with Gasteiger partial charge in [0, 0.05) is 11.6 Å². The van der Waals surface area contributed by atoms with Crippen molar-refractivity contribution >= 4 is 18.0 Å². The van der Waals surface area contributed by atoms with Crippen LogP contribution in [-0.2, 0) is 19.1 Å². The number of carbonyl (C=O) groups excluding carboxylic acids is 2. The molecule has 0 fully saturated rings. The topological polar surface area (TPSA) is 123 Å². The Morgan fingerprint density at radius 3 is 2.02 bits per heavy atom. The van der Waals surface area contributed by atoms with Crippen molar-refractivity contribution < 1.29 is 39.1 Å². The summed E-state index contributed by atoms with van der Waals surface area (Å²) < 4.78 is 17.0. The average Bonchev–Trinajstić information content (AvgIpc) is 3.36. The molecule has 0 aromatic heterocycles. The lowest BCUT2D eigenvalue weighted by Crippen LogP contribution is -2.21. The van der Waals surface area contributed by atoms with Gasteiger partial charge in [-0.2, -0.15) is 0 Å². The van der Waals surface area contributed by atoms with Gasteiger partial charge in [-0.15, -0.1) is 0 Å². The van der Waals surface area contributed by atoms with Crippen molar-refractivity contribution in [2.45, 2.75) is 103 Å². The Labute approximate surface area is 249 Å². The van der Waals surface area contributed by atoms with Gasteiger partial charge in [0.05, 0.1) is 13.2 Å². The number of phenols is 3. The van der Waals surface area contributed by atoms with E-state index in [1.807, 2.05) is 0 Å². The second-order valence-corrected chi connectivity index (χ2v) is 10.9. The summed E-state index contributed by atoms with van der Waals surface area (Å²) in [6.07, 6.45) is 14.8. The number of esters is 2. The van der Waals surface area contributed by atoms with Crippen LogP contribution in [0.5, 0.6) is 23.0 Å². The summed E-state index contributed by atoms with van der Waals surface area (Å²) in [6, 6.07) is 7.34. The molecule has 0 amide bonds. The third kappa shape index (κ3) is 9.71. The second kappa shape index (κ2) is 17.3. The van der Waals surface area contributed by atoms with Crippen LogP contribution in [0.1, 0.15) is 120 Å². The van der Waals surface area contributed by atoms with Crippen molar-refractivity contribution in [2.24, 2.45) is 0 Å². The number of carbonyl (C=O) groups is 2. The van der Waals surface area contributed by atoms with Gasteiger partial charge >= 0.3 is 11.9 Å². The van der Waals surface area contributed by atoms with Crippen molar-refractivity contribution in [3.8, 4) is 23.0 Å². The van der Waals surface area contributed by atoms with E-state index < -0.39 is 24.0 Å². The van der Waals surface area contributed by atoms with Crippen LogP contribution in [-0.4, -0.2) is 40.5 Å². The minimum Gasteiger partial charge on any atom is -0.504 e. The third-order valence-electron chi connectivity index (χ3n) is 7.48. The lowest BCUT2D eigenvalue weighted by atomic mass is 9.90. The summed E-state index contributed by atoms with van der Waals surface area (Å²) in [5, 5.41) is 30.7. The SMILES string of the molecule is CCCCCCCCOC(=O)/C=C/c1cc(O)c2c(c1)[C@H](C(=O)OCCCCCCCC)[C@@H](c1ccc(O)c(O)c1)O2. The van der Waals surface area contributed by atoms with Crippen LogP contribution in [0.3, 0.4) is 0 Å². The van der Waals surface area contributed by atoms with E-state index in [0.717, 1.165) is 51.4 Å². The van der Waals surface area contributed by atoms with Gasteiger partial charge in [-0.3, -0.25) is 4.79 Å². The van der Waals surface area contributed by atoms with E-state index in [-0.39, 0.29) is 29.6 Å². The van der Waals surface area contributed by atoms with Gasteiger partial charge in [0.1, 0.15) is 12.0 Å². The predicted octanol–water partition coefficient (Wildman–Crippen LogP) is 7.84. The molecule has 8 heteroatoms. The van der Waals surface area contributed by atoms with Crippen LogP contribution in [0.2, 0.25) is 0 Å². The number of rotatable bonds is 18. The highest BCUT2D eigenvalue weighted by atomic mass is 16.5. The Bertz CT molecular complexity index is 1190. The molecule has 0 unspecified atom stereocenters. The number of benzene rings is 2. The van der Waals surface area contributed by atoms with Gasteiger partial charge in [-0.25, -0.2) is 4.79 Å². The van der Waals surface area contributed by atoms with Gasteiger partial charge in [0.2, 0.25) is 0 Å². The van der Waals surface area contributed by atoms with Crippen LogP contribution in [0.4, 0.5) is 0 Å². The maximum atomic E-state index is 13.4. The zero-order valence-electron chi connectivity index (χ0n) is 25.0. The van der Waals surface area contributed by atoms with Gasteiger partial charge in [-0.1, -0.05) is 84.1 Å². The van der Waals surface area contributed by atoms with E-state index in [0.29, 0.717) is 23.3 Å². The third-order valence-corrected chi connectivity index (χ3v) is 7.48. The van der Waals surface area contributed by atoms with E-state index in [4.69, 9.17) is 14.2 Å². The number of phenolic OH excluding ortho intramolecular Hbond substituents is 3. The van der Waals surface area contributed by atoms with E-state index >= 15 is 0 Å². The Morgan fingerprint density at radius 2 is 1.38 bits per heavy atom. The molecule has 0 spiro atoms. The molecule has 1 aliphatic rings. The second-order valence-electron chi connectivity index (χ2n) is 10.9. The van der Waals surface area contributed by atoms with Crippen LogP contribution in [0, 0.1) is 0 Å². The highest BCUT2D eigenvalue weighted by Crippen LogP contribution is 2.51. The zero-order chi connectivity index (χ0) is 30.3. The summed E-state index contributed by atoms with van der Waals surface area (Å²) in [4.78, 5) is 25.7. The van der Waals surface area contributed by atoms with Crippen LogP contribution >= 0.6 is 0 Å². The summed E-state index contributed by atoms with van der Waals surface area (Å²) in [6.45, 7) is 4.95. The average molecular weight is 583 g/mol. The minimum atomic E-state index is -0.928. The molecule has 0 saturated heterocycles. The first-order valence-corrected chi connectivity index (χ1v) is 15.4. The highest BCUT2D eigenvalue weighted by Gasteiger charge is 2.43. The van der Waals surface area contributed by atoms with Crippen LogP contribution < -0.4 is 4.74 Å². The summed E-state index contributed by atoms with van der Waals surface area (Å²) in [5.74, 6) is -2.62. The first-order valence-electron chi connectivity index (χ1n) is 15.4. The van der Waals surface area contributed by atoms with Crippen LogP contribution in [0.25, 0.3) is 6.08 Å². The molecule has 1 heterocycles. The quantitative estimate of drug-likeness (QED) is 0.0703. The van der Waals surface area contributed by atoms with Crippen molar-refractivity contribution in [1.29, 1.82) is 0 Å². The minimum absolute atomic E-state index is 0.136. The maximum absolute atomic E-state index is 13.4. The maximum Gasteiger partial charge on any atom is 0.330 e. The van der Waals surface area contributed by atoms with Crippen LogP contribution in [0.15, 0.2) is 36.4 Å². The van der Waals surface area contributed by atoms with Crippen molar-refractivity contribution in [1.82, 2.24) is 0 Å². The summed E-state index contributed by atoms with van der Waals surface area (Å²) in [5.41, 5.74) is 1.35. The lowest BCUT2D eigenvalue weighted by molar-refractivity contribution is -0.147. The molecule has 2 aromatic carbocycles. The molecule has 42 heavy (non-hydrogen) atoms. The molecule has 0 radical (unpaired) electrons. The first-order chi connectivity index (χ1) is 20.3. The molecule has 2 atom stereocenters. The molecular formula is C34H46O8. The Balaban J connectivity index is 1.71. The molecule has 0 aliphatic carbocycles. The Kier molecular flexibility index (Phi) is 13.5.